The Hall–Kier alpha value is -4.04. The predicted octanol–water partition coefficient (Wildman–Crippen LogP) is 6.92. The Kier molecular flexibility index (Phi) is 7.48. The molecule has 1 aliphatic rings. The van der Waals surface area contributed by atoms with Crippen molar-refractivity contribution in [2.24, 2.45) is 0 Å². The van der Waals surface area contributed by atoms with Crippen LogP contribution in [-0.2, 0) is 0 Å². The van der Waals surface area contributed by atoms with Crippen LogP contribution in [-0.4, -0.2) is 26.7 Å². The molecular weight excluding hydrogens is 525 g/mol. The van der Waals surface area contributed by atoms with E-state index in [4.69, 9.17) is 30.2 Å². The number of hydrogen-bond acceptors (Lipinski definition) is 6. The molecule has 0 N–H and O–H groups in total. The van der Waals surface area contributed by atoms with E-state index in [1.807, 2.05) is 0 Å². The van der Waals surface area contributed by atoms with Gasteiger partial charge in [-0.05, 0) is 60.5 Å². The van der Waals surface area contributed by atoms with Gasteiger partial charge in [-0.25, -0.2) is 4.39 Å². The zero-order valence-electron chi connectivity index (χ0n) is 21.8. The van der Waals surface area contributed by atoms with Crippen molar-refractivity contribution in [2.45, 2.75) is 32.2 Å². The number of hydrogen-bond donors (Lipinski definition) is 0. The first-order valence-electron chi connectivity index (χ1n) is 12.6. The molecule has 0 fully saturated rings. The van der Waals surface area contributed by atoms with Gasteiger partial charge in [-0.1, -0.05) is 37.4 Å². The molecule has 4 aromatic rings. The van der Waals surface area contributed by atoms with Crippen LogP contribution in [0, 0.1) is 5.82 Å². The third-order valence-electron chi connectivity index (χ3n) is 6.75. The highest BCUT2D eigenvalue weighted by molar-refractivity contribution is 6.32. The van der Waals surface area contributed by atoms with E-state index in [2.05, 4.69) is 6.92 Å². The van der Waals surface area contributed by atoms with E-state index in [-0.39, 0.29) is 27.3 Å². The van der Waals surface area contributed by atoms with Crippen LogP contribution in [0.25, 0.3) is 11.0 Å². The number of fused-ring (bicyclic) bond motifs is 2. The summed E-state index contributed by atoms with van der Waals surface area (Å²) >= 11 is 6.41. The third-order valence-corrected chi connectivity index (χ3v) is 7.05. The second kappa shape index (κ2) is 11.0. The van der Waals surface area contributed by atoms with Crippen molar-refractivity contribution in [3.63, 3.8) is 0 Å². The van der Waals surface area contributed by atoms with E-state index < -0.39 is 23.2 Å². The Balaban J connectivity index is 1.68. The maximum atomic E-state index is 14.1. The smallest absolute Gasteiger partial charge is 0.295 e. The van der Waals surface area contributed by atoms with Gasteiger partial charge in [-0.15, -0.1) is 0 Å². The molecule has 9 heteroatoms. The Morgan fingerprint density at radius 1 is 0.949 bits per heavy atom. The topological polar surface area (TPSA) is 78.2 Å². The molecule has 0 aliphatic carbocycles. The van der Waals surface area contributed by atoms with Crippen LogP contribution in [0.4, 0.5) is 10.1 Å². The molecule has 7 nitrogen and oxygen atoms in total. The second-order valence-electron chi connectivity index (χ2n) is 9.18. The molecule has 1 aromatic heterocycles. The normalized spacial score (nSPS) is 14.5. The van der Waals surface area contributed by atoms with Crippen molar-refractivity contribution < 1.29 is 27.8 Å². The Bertz CT molecular complexity index is 1620. The third kappa shape index (κ3) is 4.81. The van der Waals surface area contributed by atoms with E-state index in [0.717, 1.165) is 25.3 Å². The number of carbonyl (C=O) groups excluding carboxylic acids is 1. The first kappa shape index (κ1) is 26.6. The molecule has 0 bridgehead atoms. The van der Waals surface area contributed by atoms with Crippen molar-refractivity contribution in [1.29, 1.82) is 0 Å². The minimum absolute atomic E-state index is 0.0454. The SMILES string of the molecule is CCCCCOc1ccc(C2c3c(oc4ccc(F)cc4c3=O)C(=O)N2c2ccc(OC)c(Cl)c2)cc1OC. The maximum absolute atomic E-state index is 14.1. The summed E-state index contributed by atoms with van der Waals surface area (Å²) in [5.41, 5.74) is 0.731. The van der Waals surface area contributed by atoms with Gasteiger partial charge in [0.2, 0.25) is 5.76 Å². The standard InChI is InChI=1S/C30H27ClFNO6/c1-4-5-6-13-38-24-10-7-17(14-25(24)37-3)27-26-28(34)20-15-18(32)8-11-22(20)39-29(26)30(35)33(27)19-9-12-23(36-2)21(31)16-19/h7-12,14-16,27H,4-6,13H2,1-3H3. The van der Waals surface area contributed by atoms with Gasteiger partial charge in [0.25, 0.3) is 5.91 Å². The van der Waals surface area contributed by atoms with Crippen LogP contribution in [0.1, 0.15) is 53.9 Å². The molecule has 2 heterocycles. The van der Waals surface area contributed by atoms with Crippen molar-refractivity contribution in [1.82, 2.24) is 0 Å². The molecule has 3 aromatic carbocycles. The fraction of sp³-hybridized carbons (Fsp3) is 0.267. The summed E-state index contributed by atoms with van der Waals surface area (Å²) in [6.07, 6.45) is 3.02. The lowest BCUT2D eigenvalue weighted by atomic mass is 9.97. The lowest BCUT2D eigenvalue weighted by molar-refractivity contribution is 0.0971. The second-order valence-corrected chi connectivity index (χ2v) is 9.58. The van der Waals surface area contributed by atoms with Crippen molar-refractivity contribution in [2.75, 3.05) is 25.7 Å². The van der Waals surface area contributed by atoms with Gasteiger partial charge in [0.15, 0.2) is 16.9 Å². The first-order valence-corrected chi connectivity index (χ1v) is 13.0. The number of benzene rings is 3. The highest BCUT2D eigenvalue weighted by atomic mass is 35.5. The average molecular weight is 552 g/mol. The molecular formula is C30H27ClFNO6. The number of rotatable bonds is 9. The van der Waals surface area contributed by atoms with Crippen LogP contribution >= 0.6 is 11.6 Å². The number of methoxy groups -OCH3 is 2. The molecule has 202 valence electrons. The zero-order valence-corrected chi connectivity index (χ0v) is 22.5. The number of ether oxygens (including phenoxy) is 3. The van der Waals surface area contributed by atoms with Crippen LogP contribution in [0.2, 0.25) is 5.02 Å². The van der Waals surface area contributed by atoms with Crippen LogP contribution in [0.5, 0.6) is 17.2 Å². The molecule has 1 unspecified atom stereocenters. The monoisotopic (exact) mass is 551 g/mol. The van der Waals surface area contributed by atoms with Gasteiger partial charge in [0.1, 0.15) is 17.1 Å². The van der Waals surface area contributed by atoms with Crippen LogP contribution in [0.3, 0.4) is 0 Å². The number of anilines is 1. The number of amides is 1. The number of unbranched alkanes of at least 4 members (excludes halogenated alkanes) is 2. The molecule has 1 atom stereocenters. The summed E-state index contributed by atoms with van der Waals surface area (Å²) in [5.74, 6) is 0.208. The lowest BCUT2D eigenvalue weighted by Gasteiger charge is -2.26. The van der Waals surface area contributed by atoms with Gasteiger partial charge in [-0.3, -0.25) is 14.5 Å². The minimum Gasteiger partial charge on any atom is -0.495 e. The molecule has 39 heavy (non-hydrogen) atoms. The zero-order chi connectivity index (χ0) is 27.7. The van der Waals surface area contributed by atoms with Gasteiger partial charge < -0.3 is 18.6 Å². The van der Waals surface area contributed by atoms with Crippen molar-refractivity contribution in [3.05, 3.63) is 92.5 Å². The van der Waals surface area contributed by atoms with E-state index in [0.29, 0.717) is 35.1 Å². The Morgan fingerprint density at radius 2 is 1.72 bits per heavy atom. The summed E-state index contributed by atoms with van der Waals surface area (Å²) in [5, 5.41) is 0.335. The van der Waals surface area contributed by atoms with Crippen molar-refractivity contribution >= 4 is 34.2 Å². The molecule has 0 saturated heterocycles. The summed E-state index contributed by atoms with van der Waals surface area (Å²) in [6.45, 7) is 2.65. The first-order chi connectivity index (χ1) is 18.9. The molecule has 0 spiro atoms. The van der Waals surface area contributed by atoms with E-state index in [1.54, 1.807) is 36.4 Å². The minimum atomic E-state index is -0.899. The summed E-state index contributed by atoms with van der Waals surface area (Å²) in [4.78, 5) is 29.0. The quantitative estimate of drug-likeness (QED) is 0.210. The fourth-order valence-electron chi connectivity index (χ4n) is 4.84. The molecule has 5 rings (SSSR count). The summed E-state index contributed by atoms with van der Waals surface area (Å²) in [6, 6.07) is 12.9. The van der Waals surface area contributed by atoms with Crippen LogP contribution in [0.15, 0.2) is 63.8 Å². The van der Waals surface area contributed by atoms with E-state index >= 15 is 0 Å². The Labute approximate surface area is 229 Å². The number of carbonyl (C=O) groups is 1. The van der Waals surface area contributed by atoms with Crippen LogP contribution < -0.4 is 24.5 Å². The summed E-state index contributed by atoms with van der Waals surface area (Å²) in [7, 11) is 3.02. The van der Waals surface area contributed by atoms with Gasteiger partial charge in [0, 0.05) is 5.69 Å². The van der Waals surface area contributed by atoms with Crippen molar-refractivity contribution in [3.8, 4) is 17.2 Å². The molecule has 1 aliphatic heterocycles. The lowest BCUT2D eigenvalue weighted by Crippen LogP contribution is -2.29. The maximum Gasteiger partial charge on any atom is 0.295 e. The van der Waals surface area contributed by atoms with Gasteiger partial charge >= 0.3 is 0 Å². The number of halogens is 2. The highest BCUT2D eigenvalue weighted by Crippen LogP contribution is 2.44. The van der Waals surface area contributed by atoms with Gasteiger partial charge in [-0.2, -0.15) is 0 Å². The summed E-state index contributed by atoms with van der Waals surface area (Å²) < 4.78 is 36.8. The van der Waals surface area contributed by atoms with E-state index in [1.165, 1.54) is 31.3 Å². The largest absolute Gasteiger partial charge is 0.495 e. The van der Waals surface area contributed by atoms with E-state index in [9.17, 15) is 14.0 Å². The highest BCUT2D eigenvalue weighted by Gasteiger charge is 2.44. The average Bonchev–Trinajstić information content (AvgIpc) is 3.23. The fourth-order valence-corrected chi connectivity index (χ4v) is 5.09. The molecule has 1 amide bonds. The Morgan fingerprint density at radius 3 is 2.44 bits per heavy atom. The van der Waals surface area contributed by atoms with Gasteiger partial charge in [0.05, 0.1) is 42.8 Å². The molecule has 0 saturated carbocycles. The number of nitrogens with zero attached hydrogens (tertiary/aromatic N) is 1. The molecule has 0 radical (unpaired) electrons. The predicted molar refractivity (Wildman–Crippen MR) is 147 cm³/mol.